The molecule has 0 amide bonds. The second-order valence-electron chi connectivity index (χ2n) is 10.4. The number of allylic oxidation sites excluding steroid dienone is 1. The Hall–Kier alpha value is -2.62. The fourth-order valence-corrected chi connectivity index (χ4v) is 4.45. The van der Waals surface area contributed by atoms with Gasteiger partial charge in [0.05, 0.1) is 23.9 Å². The van der Waals surface area contributed by atoms with E-state index in [0.717, 1.165) is 12.8 Å². The second-order valence-corrected chi connectivity index (χ2v) is 10.4. The van der Waals surface area contributed by atoms with Crippen LogP contribution in [0.1, 0.15) is 56.3 Å². The summed E-state index contributed by atoms with van der Waals surface area (Å²) >= 11 is 0. The smallest absolute Gasteiger partial charge is 0.342 e. The first-order valence-electron chi connectivity index (χ1n) is 13.7. The molecule has 0 aliphatic carbocycles. The van der Waals surface area contributed by atoms with Crippen molar-refractivity contribution in [3.05, 3.63) is 42.0 Å². The number of para-hydroxylation sites is 1. The molecule has 2 heterocycles. The van der Waals surface area contributed by atoms with Crippen molar-refractivity contribution in [1.82, 2.24) is 0 Å². The van der Waals surface area contributed by atoms with Gasteiger partial charge in [-0.25, -0.2) is 9.59 Å². The third-order valence-electron chi connectivity index (χ3n) is 7.00. The molecule has 0 unspecified atom stereocenters. The van der Waals surface area contributed by atoms with Crippen LogP contribution < -0.4 is 5.73 Å². The zero-order valence-electron chi connectivity index (χ0n) is 23.2. The lowest BCUT2D eigenvalue weighted by Crippen LogP contribution is -2.59. The summed E-state index contributed by atoms with van der Waals surface area (Å²) in [5.74, 6) is -1.60. The molecule has 7 N–H and O–H groups in total. The Labute approximate surface area is 238 Å². The van der Waals surface area contributed by atoms with Crippen LogP contribution in [0.3, 0.4) is 0 Å². The minimum atomic E-state index is -1.74. The molecule has 230 valence electrons. The van der Waals surface area contributed by atoms with E-state index in [1.165, 1.54) is 18.2 Å². The number of ether oxygens (including phenoxy) is 5. The Morgan fingerprint density at radius 3 is 2.49 bits per heavy atom. The Morgan fingerprint density at radius 1 is 1.02 bits per heavy atom. The molecule has 2 aliphatic heterocycles. The van der Waals surface area contributed by atoms with Gasteiger partial charge in [-0.1, -0.05) is 24.6 Å². The number of anilines is 1. The molecular weight excluding hydrogens is 542 g/mol. The lowest BCUT2D eigenvalue weighted by Gasteiger charge is -2.39. The maximum absolute atomic E-state index is 12.4. The van der Waals surface area contributed by atoms with Crippen molar-refractivity contribution in [3.63, 3.8) is 0 Å². The quantitative estimate of drug-likeness (QED) is 0.0840. The number of benzene rings is 1. The average molecular weight is 584 g/mol. The van der Waals surface area contributed by atoms with Gasteiger partial charge >= 0.3 is 11.9 Å². The largest absolute Gasteiger partial charge is 0.460 e. The fraction of sp³-hybridized carbons (Fsp3) is 0.643. The van der Waals surface area contributed by atoms with Gasteiger partial charge in [0, 0.05) is 18.2 Å². The van der Waals surface area contributed by atoms with Gasteiger partial charge < -0.3 is 55.0 Å². The van der Waals surface area contributed by atoms with Crippen molar-refractivity contribution >= 4 is 17.6 Å². The lowest BCUT2D eigenvalue weighted by molar-refractivity contribution is -0.285. The summed E-state index contributed by atoms with van der Waals surface area (Å²) < 4.78 is 27.0. The Balaban J connectivity index is 1.36. The number of hydrogen-bond donors (Lipinski definition) is 6. The Morgan fingerprint density at radius 2 is 1.76 bits per heavy atom. The van der Waals surface area contributed by atoms with Crippen LogP contribution in [0, 0.1) is 0 Å². The maximum atomic E-state index is 12.4. The molecule has 1 aromatic rings. The molecule has 3 rings (SSSR count). The highest BCUT2D eigenvalue weighted by Gasteiger charge is 2.46. The molecule has 13 heteroatoms. The van der Waals surface area contributed by atoms with Crippen LogP contribution in [0.2, 0.25) is 0 Å². The molecule has 0 spiro atoms. The topological polar surface area (TPSA) is 207 Å². The van der Waals surface area contributed by atoms with E-state index >= 15 is 0 Å². The highest BCUT2D eigenvalue weighted by atomic mass is 16.7. The van der Waals surface area contributed by atoms with Crippen LogP contribution >= 0.6 is 0 Å². The van der Waals surface area contributed by atoms with E-state index in [1.807, 2.05) is 6.92 Å². The van der Waals surface area contributed by atoms with Crippen LogP contribution in [0.25, 0.3) is 0 Å². The van der Waals surface area contributed by atoms with E-state index in [9.17, 15) is 35.1 Å². The van der Waals surface area contributed by atoms with Crippen LogP contribution in [-0.4, -0.2) is 105 Å². The van der Waals surface area contributed by atoms with Gasteiger partial charge in [0.1, 0.15) is 37.1 Å². The normalized spacial score (nSPS) is 32.9. The molecule has 10 atom stereocenters. The van der Waals surface area contributed by atoms with Crippen LogP contribution in [0.15, 0.2) is 36.4 Å². The van der Waals surface area contributed by atoms with Gasteiger partial charge in [0.25, 0.3) is 0 Å². The molecule has 41 heavy (non-hydrogen) atoms. The molecule has 0 radical (unpaired) electrons. The first kappa shape index (κ1) is 32.9. The minimum absolute atomic E-state index is 0.0337. The average Bonchev–Trinajstić information content (AvgIpc) is 2.93. The molecule has 2 fully saturated rings. The summed E-state index contributed by atoms with van der Waals surface area (Å²) in [5, 5.41) is 50.4. The van der Waals surface area contributed by atoms with Crippen molar-refractivity contribution in [2.75, 3.05) is 12.3 Å². The number of rotatable bonds is 12. The monoisotopic (exact) mass is 583 g/mol. The highest BCUT2D eigenvalue weighted by Crippen LogP contribution is 2.25. The molecule has 1 aromatic carbocycles. The molecule has 2 saturated heterocycles. The van der Waals surface area contributed by atoms with Crippen molar-refractivity contribution < 1.29 is 58.8 Å². The van der Waals surface area contributed by atoms with Gasteiger partial charge in [-0.15, -0.1) is 0 Å². The zero-order valence-corrected chi connectivity index (χ0v) is 23.2. The fourth-order valence-electron chi connectivity index (χ4n) is 4.45. The SMILES string of the molecule is C[C@H](CCCC/C=C/C(=O)OC[C@H]1O[C@@H](OC(=O)c2ccccc2N)[C@H](O)[C@@H](O)[C@@H]1O)O[C@@H]1O[C@@H](C)[C@H](O)C[C@H]1O. The molecule has 13 nitrogen and oxygen atoms in total. The van der Waals surface area contributed by atoms with E-state index < -0.39 is 73.9 Å². The number of aliphatic hydroxyl groups excluding tert-OH is 5. The van der Waals surface area contributed by atoms with Crippen molar-refractivity contribution in [2.24, 2.45) is 0 Å². The predicted octanol–water partition coefficient (Wildman–Crippen LogP) is 0.155. The number of hydrogen-bond acceptors (Lipinski definition) is 13. The molecule has 0 bridgehead atoms. The third kappa shape index (κ3) is 9.45. The van der Waals surface area contributed by atoms with Gasteiger partial charge in [-0.3, -0.25) is 0 Å². The number of unbranched alkanes of at least 4 members (excludes halogenated alkanes) is 2. The number of carbonyl (C=O) groups excluding carboxylic acids is 2. The van der Waals surface area contributed by atoms with Crippen molar-refractivity contribution in [3.8, 4) is 0 Å². The summed E-state index contributed by atoms with van der Waals surface area (Å²) in [6.07, 6.45) is -5.03. The van der Waals surface area contributed by atoms with Crippen LogP contribution in [0.5, 0.6) is 0 Å². The molecule has 2 aliphatic rings. The van der Waals surface area contributed by atoms with E-state index in [1.54, 1.807) is 25.1 Å². The van der Waals surface area contributed by atoms with Crippen LogP contribution in [0.4, 0.5) is 5.69 Å². The second kappa shape index (κ2) is 15.6. The Kier molecular flexibility index (Phi) is 12.5. The number of aliphatic hydroxyl groups is 5. The van der Waals surface area contributed by atoms with E-state index in [-0.39, 0.29) is 23.8 Å². The predicted molar refractivity (Wildman–Crippen MR) is 143 cm³/mol. The number of nitrogens with two attached hydrogens (primary N) is 1. The number of nitrogen functional groups attached to an aromatic ring is 1. The standard InChI is InChI=1S/C28H41NO12/c1-15(38-27-20(31)13-19(30)16(2)39-27)9-5-3-4-6-12-22(32)37-14-21-23(33)24(34)25(35)28(40-21)41-26(36)17-10-7-8-11-18(17)29/h6-8,10-12,15-16,19-21,23-25,27-28,30-31,33-35H,3-5,9,13-14,29H2,1-2H3/b12-6+/t15-,16+,19-,20-,21-,23-,24+,25-,27-,28+/m1/s1. The number of carbonyl (C=O) groups is 2. The minimum Gasteiger partial charge on any atom is -0.460 e. The summed E-state index contributed by atoms with van der Waals surface area (Å²) in [5.41, 5.74) is 5.94. The van der Waals surface area contributed by atoms with E-state index in [0.29, 0.717) is 12.8 Å². The molecular formula is C28H41NO12. The molecule has 0 saturated carbocycles. The first-order valence-corrected chi connectivity index (χ1v) is 13.7. The molecule has 0 aromatic heterocycles. The lowest BCUT2D eigenvalue weighted by atomic mass is 9.99. The van der Waals surface area contributed by atoms with Crippen molar-refractivity contribution in [1.29, 1.82) is 0 Å². The van der Waals surface area contributed by atoms with Gasteiger partial charge in [0.2, 0.25) is 6.29 Å². The summed E-state index contributed by atoms with van der Waals surface area (Å²) in [7, 11) is 0. The first-order chi connectivity index (χ1) is 19.5. The summed E-state index contributed by atoms with van der Waals surface area (Å²) in [6.45, 7) is 3.14. The van der Waals surface area contributed by atoms with Gasteiger partial charge in [-0.05, 0) is 45.2 Å². The third-order valence-corrected chi connectivity index (χ3v) is 7.00. The highest BCUT2D eigenvalue weighted by molar-refractivity contribution is 5.95. The van der Waals surface area contributed by atoms with Gasteiger partial charge in [-0.2, -0.15) is 0 Å². The summed E-state index contributed by atoms with van der Waals surface area (Å²) in [4.78, 5) is 24.6. The van der Waals surface area contributed by atoms with E-state index in [4.69, 9.17) is 29.4 Å². The maximum Gasteiger partial charge on any atom is 0.342 e. The Bertz CT molecular complexity index is 1020. The summed E-state index contributed by atoms with van der Waals surface area (Å²) in [6, 6.07) is 6.11. The van der Waals surface area contributed by atoms with E-state index in [2.05, 4.69) is 0 Å². The zero-order chi connectivity index (χ0) is 30.1. The van der Waals surface area contributed by atoms with Gasteiger partial charge in [0.15, 0.2) is 6.29 Å². The number of esters is 2. The van der Waals surface area contributed by atoms with Crippen molar-refractivity contribution in [2.45, 2.75) is 107 Å². The van der Waals surface area contributed by atoms with Crippen LogP contribution in [-0.2, 0) is 28.5 Å².